The van der Waals surface area contributed by atoms with Gasteiger partial charge in [-0.2, -0.15) is 0 Å². The average Bonchev–Trinajstić information content (AvgIpc) is 2.40. The minimum atomic E-state index is -0.362. The number of nitrogens with one attached hydrogen (secondary N) is 1. The third kappa shape index (κ3) is 3.16. The van der Waals surface area contributed by atoms with E-state index in [2.05, 4.69) is 5.32 Å². The van der Waals surface area contributed by atoms with E-state index in [0.29, 0.717) is 12.2 Å². The molecule has 19 heavy (non-hydrogen) atoms. The Hall–Kier alpha value is -2.23. The van der Waals surface area contributed by atoms with Crippen LogP contribution in [0.25, 0.3) is 0 Å². The minimum Gasteiger partial charge on any atom is -0.494 e. The summed E-state index contributed by atoms with van der Waals surface area (Å²) in [6.07, 6.45) is 0. The zero-order valence-electron chi connectivity index (χ0n) is 11.0. The zero-order chi connectivity index (χ0) is 13.8. The Morgan fingerprint density at radius 3 is 2.68 bits per heavy atom. The van der Waals surface area contributed by atoms with Crippen LogP contribution in [0, 0.1) is 12.7 Å². The Morgan fingerprint density at radius 2 is 2.00 bits per heavy atom. The molecule has 0 atom stereocenters. The molecular formula is C15H17FN2O. The van der Waals surface area contributed by atoms with Crippen molar-refractivity contribution in [3.8, 4) is 5.75 Å². The molecule has 0 radical (unpaired) electrons. The van der Waals surface area contributed by atoms with Crippen molar-refractivity contribution < 1.29 is 9.13 Å². The molecule has 0 saturated carbocycles. The number of aryl methyl sites for hydroxylation is 1. The lowest BCUT2D eigenvalue weighted by Gasteiger charge is -2.11. The highest BCUT2D eigenvalue weighted by molar-refractivity contribution is 5.67. The molecule has 0 aromatic heterocycles. The Balaban J connectivity index is 2.10. The molecule has 2 aromatic rings. The van der Waals surface area contributed by atoms with E-state index in [1.807, 2.05) is 31.2 Å². The maximum absolute atomic E-state index is 13.5. The van der Waals surface area contributed by atoms with Crippen LogP contribution in [-0.2, 0) is 6.54 Å². The molecule has 2 aromatic carbocycles. The number of nitrogens with two attached hydrogens (primary N) is 1. The quantitative estimate of drug-likeness (QED) is 0.829. The lowest BCUT2D eigenvalue weighted by molar-refractivity contribution is 0.386. The second-order valence-electron chi connectivity index (χ2n) is 4.41. The maximum Gasteiger partial charge on any atom is 0.165 e. The Bertz CT molecular complexity index is 584. The highest BCUT2D eigenvalue weighted by atomic mass is 19.1. The van der Waals surface area contributed by atoms with Crippen LogP contribution in [0.15, 0.2) is 36.4 Å². The number of nitrogen functional groups attached to an aromatic ring is 1. The van der Waals surface area contributed by atoms with Crippen molar-refractivity contribution >= 4 is 11.4 Å². The van der Waals surface area contributed by atoms with Crippen molar-refractivity contribution in [1.82, 2.24) is 0 Å². The number of ether oxygens (including phenoxy) is 1. The Morgan fingerprint density at radius 1 is 1.21 bits per heavy atom. The lowest BCUT2D eigenvalue weighted by Crippen LogP contribution is -2.03. The van der Waals surface area contributed by atoms with Gasteiger partial charge in [-0.3, -0.25) is 0 Å². The highest BCUT2D eigenvalue weighted by Gasteiger charge is 2.04. The van der Waals surface area contributed by atoms with Gasteiger partial charge in [-0.1, -0.05) is 12.1 Å². The molecule has 0 aliphatic carbocycles. The molecule has 0 spiro atoms. The van der Waals surface area contributed by atoms with Gasteiger partial charge in [0.1, 0.15) is 0 Å². The van der Waals surface area contributed by atoms with E-state index in [0.717, 1.165) is 16.8 Å². The number of anilines is 2. The number of hydrogen-bond donors (Lipinski definition) is 2. The first-order chi connectivity index (χ1) is 9.10. The molecule has 0 unspecified atom stereocenters. The van der Waals surface area contributed by atoms with Crippen LogP contribution < -0.4 is 15.8 Å². The van der Waals surface area contributed by atoms with Crippen molar-refractivity contribution in [2.45, 2.75) is 13.5 Å². The molecule has 0 aliphatic rings. The molecular weight excluding hydrogens is 243 g/mol. The normalized spacial score (nSPS) is 10.3. The maximum atomic E-state index is 13.5. The third-order valence-electron chi connectivity index (χ3n) is 2.91. The van der Waals surface area contributed by atoms with E-state index >= 15 is 0 Å². The van der Waals surface area contributed by atoms with Gasteiger partial charge in [0, 0.05) is 6.54 Å². The monoisotopic (exact) mass is 260 g/mol. The van der Waals surface area contributed by atoms with Crippen molar-refractivity contribution in [3.05, 3.63) is 53.3 Å². The number of rotatable bonds is 4. The minimum absolute atomic E-state index is 0.249. The summed E-state index contributed by atoms with van der Waals surface area (Å²) in [5.74, 6) is -0.113. The predicted octanol–water partition coefficient (Wildman–Crippen LogP) is 3.34. The molecule has 0 amide bonds. The molecule has 2 rings (SSSR count). The van der Waals surface area contributed by atoms with Crippen molar-refractivity contribution in [3.63, 3.8) is 0 Å². The van der Waals surface area contributed by atoms with Crippen LogP contribution in [0.4, 0.5) is 15.8 Å². The van der Waals surface area contributed by atoms with Crippen LogP contribution in [0.3, 0.4) is 0 Å². The predicted molar refractivity (Wildman–Crippen MR) is 75.9 cm³/mol. The number of halogens is 1. The van der Waals surface area contributed by atoms with Crippen LogP contribution in [0.1, 0.15) is 11.1 Å². The van der Waals surface area contributed by atoms with E-state index in [1.54, 1.807) is 6.07 Å². The molecule has 0 aliphatic heterocycles. The zero-order valence-corrected chi connectivity index (χ0v) is 11.0. The summed E-state index contributed by atoms with van der Waals surface area (Å²) in [6, 6.07) is 10.7. The molecule has 0 heterocycles. The topological polar surface area (TPSA) is 47.3 Å². The molecule has 3 N–H and O–H groups in total. The van der Waals surface area contributed by atoms with E-state index < -0.39 is 0 Å². The van der Waals surface area contributed by atoms with Gasteiger partial charge in [-0.25, -0.2) is 4.39 Å². The summed E-state index contributed by atoms with van der Waals surface area (Å²) in [4.78, 5) is 0. The summed E-state index contributed by atoms with van der Waals surface area (Å²) < 4.78 is 18.4. The van der Waals surface area contributed by atoms with Gasteiger partial charge in [0.15, 0.2) is 11.6 Å². The fraction of sp³-hybridized carbons (Fsp3) is 0.200. The van der Waals surface area contributed by atoms with E-state index in [9.17, 15) is 4.39 Å². The first kappa shape index (κ1) is 13.2. The standard InChI is InChI=1S/C15H17FN2O/c1-10-3-5-13(17)14(7-10)18-9-11-4-6-15(19-2)12(16)8-11/h3-8,18H,9,17H2,1-2H3. The Kier molecular flexibility index (Phi) is 3.90. The van der Waals surface area contributed by atoms with Crippen LogP contribution >= 0.6 is 0 Å². The first-order valence-corrected chi connectivity index (χ1v) is 6.02. The molecule has 3 nitrogen and oxygen atoms in total. The molecule has 0 saturated heterocycles. The SMILES string of the molecule is COc1ccc(CNc2cc(C)ccc2N)cc1F. The van der Waals surface area contributed by atoms with Gasteiger partial charge in [0.2, 0.25) is 0 Å². The van der Waals surface area contributed by atoms with Gasteiger partial charge < -0.3 is 15.8 Å². The second-order valence-corrected chi connectivity index (χ2v) is 4.41. The van der Waals surface area contributed by atoms with Crippen molar-refractivity contribution in [2.75, 3.05) is 18.2 Å². The summed E-state index contributed by atoms with van der Waals surface area (Å²) in [6.45, 7) is 2.51. The summed E-state index contributed by atoms with van der Waals surface area (Å²) >= 11 is 0. The number of benzene rings is 2. The van der Waals surface area contributed by atoms with Crippen LogP contribution in [0.2, 0.25) is 0 Å². The van der Waals surface area contributed by atoms with Crippen molar-refractivity contribution in [1.29, 1.82) is 0 Å². The van der Waals surface area contributed by atoms with E-state index in [4.69, 9.17) is 10.5 Å². The van der Waals surface area contributed by atoms with Gasteiger partial charge in [0.05, 0.1) is 18.5 Å². The first-order valence-electron chi connectivity index (χ1n) is 6.02. The van der Waals surface area contributed by atoms with E-state index in [1.165, 1.54) is 13.2 Å². The van der Waals surface area contributed by atoms with Gasteiger partial charge in [-0.15, -0.1) is 0 Å². The van der Waals surface area contributed by atoms with Crippen LogP contribution in [0.5, 0.6) is 5.75 Å². The highest BCUT2D eigenvalue weighted by Crippen LogP contribution is 2.22. The number of hydrogen-bond acceptors (Lipinski definition) is 3. The largest absolute Gasteiger partial charge is 0.494 e. The summed E-state index contributed by atoms with van der Waals surface area (Å²) in [5.41, 5.74) is 9.37. The van der Waals surface area contributed by atoms with Crippen molar-refractivity contribution in [2.24, 2.45) is 0 Å². The fourth-order valence-corrected chi connectivity index (χ4v) is 1.84. The smallest absolute Gasteiger partial charge is 0.165 e. The molecule has 0 bridgehead atoms. The summed E-state index contributed by atoms with van der Waals surface area (Å²) in [7, 11) is 1.45. The molecule has 0 fully saturated rings. The lowest BCUT2D eigenvalue weighted by atomic mass is 10.1. The van der Waals surface area contributed by atoms with Gasteiger partial charge in [0.25, 0.3) is 0 Å². The van der Waals surface area contributed by atoms with Gasteiger partial charge >= 0.3 is 0 Å². The average molecular weight is 260 g/mol. The molecule has 100 valence electrons. The Labute approximate surface area is 112 Å². The van der Waals surface area contributed by atoms with Gasteiger partial charge in [-0.05, 0) is 42.3 Å². The summed E-state index contributed by atoms with van der Waals surface area (Å²) in [5, 5.41) is 3.20. The fourth-order valence-electron chi connectivity index (χ4n) is 1.84. The van der Waals surface area contributed by atoms with E-state index in [-0.39, 0.29) is 11.6 Å². The van der Waals surface area contributed by atoms with Crippen LogP contribution in [-0.4, -0.2) is 7.11 Å². The molecule has 4 heteroatoms. The number of methoxy groups -OCH3 is 1. The second kappa shape index (κ2) is 5.61. The third-order valence-corrected chi connectivity index (χ3v) is 2.91.